The van der Waals surface area contributed by atoms with Crippen molar-refractivity contribution in [2.24, 2.45) is 0 Å². The summed E-state index contributed by atoms with van der Waals surface area (Å²) in [4.78, 5) is 2.19. The van der Waals surface area contributed by atoms with E-state index in [1.165, 1.54) is 11.6 Å². The highest BCUT2D eigenvalue weighted by Crippen LogP contribution is 2.40. The maximum absolute atomic E-state index is 13.7. The molecule has 4 rings (SSSR count). The van der Waals surface area contributed by atoms with E-state index in [4.69, 9.17) is 16.3 Å². The fourth-order valence-electron chi connectivity index (χ4n) is 5.00. The Labute approximate surface area is 239 Å². The lowest BCUT2D eigenvalue weighted by Gasteiger charge is -2.43. The Kier molecular flexibility index (Phi) is 9.90. The van der Waals surface area contributed by atoms with Gasteiger partial charge < -0.3 is 10.1 Å². The zero-order valence-electron chi connectivity index (χ0n) is 22.7. The van der Waals surface area contributed by atoms with Crippen molar-refractivity contribution in [3.8, 4) is 5.75 Å². The molecular formula is C33H34ClF3N2O. The predicted molar refractivity (Wildman–Crippen MR) is 156 cm³/mol. The molecule has 0 spiro atoms. The Hall–Kier alpha value is -3.32. The van der Waals surface area contributed by atoms with E-state index in [1.54, 1.807) is 6.07 Å². The topological polar surface area (TPSA) is 24.5 Å². The third-order valence-electron chi connectivity index (χ3n) is 7.19. The van der Waals surface area contributed by atoms with Crippen LogP contribution in [0.5, 0.6) is 5.75 Å². The monoisotopic (exact) mass is 566 g/mol. The molecule has 4 aromatic carbocycles. The van der Waals surface area contributed by atoms with Gasteiger partial charge in [-0.3, -0.25) is 4.90 Å². The first kappa shape index (κ1) is 29.7. The molecule has 0 saturated carbocycles. The van der Waals surface area contributed by atoms with Gasteiger partial charge in [-0.2, -0.15) is 13.2 Å². The van der Waals surface area contributed by atoms with Crippen LogP contribution < -0.4 is 10.1 Å². The Bertz CT molecular complexity index is 1310. The zero-order chi connectivity index (χ0) is 28.6. The van der Waals surface area contributed by atoms with E-state index >= 15 is 0 Å². The van der Waals surface area contributed by atoms with E-state index in [2.05, 4.69) is 41.4 Å². The van der Waals surface area contributed by atoms with Crippen LogP contribution in [-0.4, -0.2) is 25.1 Å². The minimum absolute atomic E-state index is 0.224. The standard InChI is InChI=1S/C33H34ClF3N2O/c1-32(27-12-5-3-6-13-27,28-14-7-4-8-15-28)39(24-26-11-9-16-30(31(26)34)33(35,36)37)21-10-22-40-29-19-17-25(18-20-29)23-38-2/h3-9,11-20,38H,10,21-24H2,1-2H3. The fraction of sp³-hybridized carbons (Fsp3) is 0.273. The van der Waals surface area contributed by atoms with Gasteiger partial charge in [-0.1, -0.05) is 96.5 Å². The van der Waals surface area contributed by atoms with Crippen LogP contribution in [0.3, 0.4) is 0 Å². The quantitative estimate of drug-likeness (QED) is 0.175. The first-order valence-electron chi connectivity index (χ1n) is 13.3. The SMILES string of the molecule is CNCc1ccc(OCCCN(Cc2cccc(C(F)(F)F)c2Cl)C(C)(c2ccccc2)c2ccccc2)cc1. The van der Waals surface area contributed by atoms with Gasteiger partial charge in [-0.15, -0.1) is 0 Å². The molecule has 7 heteroatoms. The summed E-state index contributed by atoms with van der Waals surface area (Å²) in [6.45, 7) is 4.13. The summed E-state index contributed by atoms with van der Waals surface area (Å²) in [6.07, 6.45) is -3.87. The Morgan fingerprint density at radius 1 is 0.800 bits per heavy atom. The number of nitrogens with one attached hydrogen (secondary N) is 1. The van der Waals surface area contributed by atoms with Gasteiger partial charge in [-0.05, 0) is 60.8 Å². The number of alkyl halides is 3. The molecule has 0 radical (unpaired) electrons. The highest BCUT2D eigenvalue weighted by molar-refractivity contribution is 6.32. The molecule has 1 N–H and O–H groups in total. The molecular weight excluding hydrogens is 533 g/mol. The third kappa shape index (κ3) is 7.05. The van der Waals surface area contributed by atoms with Crippen molar-refractivity contribution in [1.82, 2.24) is 10.2 Å². The van der Waals surface area contributed by atoms with Crippen LogP contribution in [0.15, 0.2) is 103 Å². The summed E-state index contributed by atoms with van der Waals surface area (Å²) >= 11 is 6.38. The summed E-state index contributed by atoms with van der Waals surface area (Å²) in [5.41, 5.74) is 2.19. The summed E-state index contributed by atoms with van der Waals surface area (Å²) < 4.78 is 47.1. The van der Waals surface area contributed by atoms with E-state index in [0.29, 0.717) is 25.1 Å². The highest BCUT2D eigenvalue weighted by atomic mass is 35.5. The van der Waals surface area contributed by atoms with E-state index in [0.717, 1.165) is 29.5 Å². The second kappa shape index (κ2) is 13.4. The maximum atomic E-state index is 13.7. The summed E-state index contributed by atoms with van der Waals surface area (Å²) in [6, 6.07) is 32.1. The normalized spacial score (nSPS) is 12.1. The molecule has 0 amide bonds. The molecule has 0 bridgehead atoms. The number of nitrogens with zero attached hydrogens (tertiary/aromatic N) is 1. The van der Waals surface area contributed by atoms with Crippen LogP contribution >= 0.6 is 11.6 Å². The molecule has 0 heterocycles. The van der Waals surface area contributed by atoms with Crippen LogP contribution in [0, 0.1) is 0 Å². The van der Waals surface area contributed by atoms with Gasteiger partial charge in [-0.25, -0.2) is 0 Å². The van der Waals surface area contributed by atoms with Crippen molar-refractivity contribution in [1.29, 1.82) is 0 Å². The Morgan fingerprint density at radius 3 is 1.95 bits per heavy atom. The van der Waals surface area contributed by atoms with Crippen LogP contribution in [0.2, 0.25) is 5.02 Å². The van der Waals surface area contributed by atoms with Crippen LogP contribution in [0.4, 0.5) is 13.2 Å². The summed E-state index contributed by atoms with van der Waals surface area (Å²) in [5.74, 6) is 0.779. The highest BCUT2D eigenvalue weighted by Gasteiger charge is 2.37. The number of rotatable bonds is 12. The lowest BCUT2D eigenvalue weighted by atomic mass is 9.82. The molecule has 0 aliphatic heterocycles. The van der Waals surface area contributed by atoms with Gasteiger partial charge in [0.1, 0.15) is 5.75 Å². The molecule has 210 valence electrons. The number of hydrogen-bond acceptors (Lipinski definition) is 3. The van der Waals surface area contributed by atoms with E-state index in [-0.39, 0.29) is 11.6 Å². The summed E-state index contributed by atoms with van der Waals surface area (Å²) in [5, 5.41) is 2.86. The number of halogens is 4. The molecule has 3 nitrogen and oxygen atoms in total. The molecule has 0 aliphatic carbocycles. The smallest absolute Gasteiger partial charge is 0.417 e. The molecule has 0 fully saturated rings. The molecule has 0 atom stereocenters. The average Bonchev–Trinajstić information content (AvgIpc) is 2.96. The van der Waals surface area contributed by atoms with Gasteiger partial charge in [0, 0.05) is 19.6 Å². The van der Waals surface area contributed by atoms with Gasteiger partial charge in [0.25, 0.3) is 0 Å². The summed E-state index contributed by atoms with van der Waals surface area (Å²) in [7, 11) is 1.90. The van der Waals surface area contributed by atoms with Crippen molar-refractivity contribution in [2.75, 3.05) is 20.2 Å². The third-order valence-corrected chi connectivity index (χ3v) is 7.64. The zero-order valence-corrected chi connectivity index (χ0v) is 23.5. The minimum Gasteiger partial charge on any atom is -0.494 e. The van der Waals surface area contributed by atoms with E-state index in [9.17, 15) is 13.2 Å². The first-order chi connectivity index (χ1) is 19.2. The second-order valence-corrected chi connectivity index (χ2v) is 10.3. The van der Waals surface area contributed by atoms with E-state index < -0.39 is 17.3 Å². The molecule has 40 heavy (non-hydrogen) atoms. The van der Waals surface area contributed by atoms with Crippen LogP contribution in [-0.2, 0) is 24.8 Å². The lowest BCUT2D eigenvalue weighted by molar-refractivity contribution is -0.137. The number of ether oxygens (including phenoxy) is 1. The van der Waals surface area contributed by atoms with Crippen molar-refractivity contribution in [2.45, 2.75) is 38.1 Å². The van der Waals surface area contributed by atoms with Gasteiger partial charge in [0.15, 0.2) is 0 Å². The van der Waals surface area contributed by atoms with Crippen molar-refractivity contribution in [3.63, 3.8) is 0 Å². The molecule has 0 unspecified atom stereocenters. The maximum Gasteiger partial charge on any atom is 0.417 e. The molecule has 0 aromatic heterocycles. The minimum atomic E-state index is -4.53. The largest absolute Gasteiger partial charge is 0.494 e. The molecule has 4 aromatic rings. The van der Waals surface area contributed by atoms with Crippen LogP contribution in [0.25, 0.3) is 0 Å². The van der Waals surface area contributed by atoms with Crippen LogP contribution in [0.1, 0.15) is 41.2 Å². The first-order valence-corrected chi connectivity index (χ1v) is 13.7. The molecule has 0 saturated heterocycles. The lowest BCUT2D eigenvalue weighted by Crippen LogP contribution is -2.45. The second-order valence-electron chi connectivity index (χ2n) is 9.88. The predicted octanol–water partition coefficient (Wildman–Crippen LogP) is 8.31. The van der Waals surface area contributed by atoms with Crippen molar-refractivity contribution < 1.29 is 17.9 Å². The van der Waals surface area contributed by atoms with Crippen molar-refractivity contribution >= 4 is 11.6 Å². The Morgan fingerprint density at radius 2 is 1.40 bits per heavy atom. The van der Waals surface area contributed by atoms with Gasteiger partial charge in [0.05, 0.1) is 22.7 Å². The van der Waals surface area contributed by atoms with Gasteiger partial charge in [0.2, 0.25) is 0 Å². The number of hydrogen-bond donors (Lipinski definition) is 1. The fourth-order valence-corrected chi connectivity index (χ4v) is 5.29. The Balaban J connectivity index is 1.65. The van der Waals surface area contributed by atoms with Gasteiger partial charge >= 0.3 is 6.18 Å². The number of benzene rings is 4. The van der Waals surface area contributed by atoms with Crippen molar-refractivity contribution in [3.05, 3.63) is 136 Å². The average molecular weight is 567 g/mol. The van der Waals surface area contributed by atoms with E-state index in [1.807, 2.05) is 67.7 Å². The molecule has 0 aliphatic rings.